The molecule has 2 aromatic rings. The van der Waals surface area contributed by atoms with Crippen molar-refractivity contribution in [3.05, 3.63) is 71.8 Å². The summed E-state index contributed by atoms with van der Waals surface area (Å²) >= 11 is 0. The van der Waals surface area contributed by atoms with Gasteiger partial charge in [0.2, 0.25) is 0 Å². The Morgan fingerprint density at radius 1 is 0.333 bits per heavy atom. The van der Waals surface area contributed by atoms with Crippen LogP contribution in [0.2, 0.25) is 0 Å². The van der Waals surface area contributed by atoms with Crippen LogP contribution in [0.4, 0.5) is 0 Å². The molecule has 0 saturated heterocycles. The molecule has 0 fully saturated rings. The van der Waals surface area contributed by atoms with Crippen molar-refractivity contribution in [1.29, 1.82) is 0 Å². The van der Waals surface area contributed by atoms with Gasteiger partial charge in [0, 0.05) is 39.3 Å². The highest BCUT2D eigenvalue weighted by atomic mass is 35.5. The highest BCUT2D eigenvalue weighted by Crippen LogP contribution is 2.08. The first-order chi connectivity index (χ1) is 15.9. The lowest BCUT2D eigenvalue weighted by atomic mass is 10.1. The Hall–Kier alpha value is -0.560. The van der Waals surface area contributed by atoms with E-state index < -0.39 is 0 Å². The van der Waals surface area contributed by atoms with E-state index in [0.29, 0.717) is 0 Å². The number of hydrogen-bond donors (Lipinski definition) is 4. The summed E-state index contributed by atoms with van der Waals surface area (Å²) in [6.45, 7) is 8.42. The molecule has 2 aromatic carbocycles. The Bertz CT molecular complexity index is 593. The van der Waals surface area contributed by atoms with Crippen LogP contribution in [0.5, 0.6) is 0 Å². The summed E-state index contributed by atoms with van der Waals surface area (Å²) < 4.78 is 0. The van der Waals surface area contributed by atoms with Gasteiger partial charge in [-0.1, -0.05) is 99.2 Å². The summed E-state index contributed by atoms with van der Waals surface area (Å²) in [5.41, 5.74) is 2.71. The summed E-state index contributed by atoms with van der Waals surface area (Å²) in [6.07, 6.45) is 10.9. The predicted molar refractivity (Wildman–Crippen MR) is 168 cm³/mol. The van der Waals surface area contributed by atoms with E-state index in [1.807, 2.05) is 0 Å². The van der Waals surface area contributed by atoms with Gasteiger partial charge in [-0.2, -0.15) is 0 Å². The summed E-state index contributed by atoms with van der Waals surface area (Å²) in [4.78, 5) is 0. The Morgan fingerprint density at radius 3 is 1.00 bits per heavy atom. The van der Waals surface area contributed by atoms with Crippen LogP contribution in [-0.4, -0.2) is 39.3 Å². The molecule has 0 saturated carbocycles. The van der Waals surface area contributed by atoms with Crippen molar-refractivity contribution in [3.63, 3.8) is 0 Å². The third kappa shape index (κ3) is 23.8. The molecule has 0 amide bonds. The van der Waals surface area contributed by atoms with Crippen molar-refractivity contribution in [2.24, 2.45) is 0 Å². The molecule has 0 aromatic heterocycles. The number of rotatable bonds is 21. The number of nitrogens with one attached hydrogen (secondary N) is 4. The molecule has 0 spiro atoms. The monoisotopic (exact) mass is 582 g/mol. The van der Waals surface area contributed by atoms with E-state index in [1.165, 1.54) is 62.5 Å². The van der Waals surface area contributed by atoms with Gasteiger partial charge in [0.25, 0.3) is 0 Å². The number of hydrogen-bond acceptors (Lipinski definition) is 4. The first-order valence-corrected chi connectivity index (χ1v) is 12.9. The molecule has 0 aliphatic carbocycles. The molecule has 0 radical (unpaired) electrons. The van der Waals surface area contributed by atoms with E-state index in [-0.39, 0.29) is 49.6 Å². The number of unbranched alkanes of at least 4 members (excludes halogenated alkanes) is 7. The summed E-state index contributed by atoms with van der Waals surface area (Å²) in [5, 5.41) is 14.1. The van der Waals surface area contributed by atoms with Crippen LogP contribution in [0.1, 0.15) is 62.5 Å². The second-order valence-electron chi connectivity index (χ2n) is 8.65. The maximum atomic E-state index is 3.55. The minimum atomic E-state index is 0. The van der Waals surface area contributed by atoms with Gasteiger partial charge in [-0.15, -0.1) is 49.6 Å². The molecule has 36 heavy (non-hydrogen) atoms. The maximum absolute atomic E-state index is 3.55. The van der Waals surface area contributed by atoms with Crippen LogP contribution in [-0.2, 0) is 13.1 Å². The van der Waals surface area contributed by atoms with Crippen LogP contribution in [0, 0.1) is 0 Å². The SMILES string of the molecule is Cl.Cl.Cl.Cl.c1ccc(CNCCNCCCCCCCCCCNCCNCc2ccccc2)cc1. The van der Waals surface area contributed by atoms with Crippen molar-refractivity contribution >= 4 is 49.6 Å². The molecular weight excluding hydrogens is 534 g/mol. The average molecular weight is 585 g/mol. The first-order valence-electron chi connectivity index (χ1n) is 12.9. The van der Waals surface area contributed by atoms with E-state index in [1.54, 1.807) is 0 Å². The zero-order chi connectivity index (χ0) is 22.4. The highest BCUT2D eigenvalue weighted by molar-refractivity contribution is 5.86. The fraction of sp³-hybridized carbons (Fsp3) is 0.571. The van der Waals surface area contributed by atoms with Crippen molar-refractivity contribution in [2.45, 2.75) is 64.5 Å². The predicted octanol–water partition coefficient (Wildman–Crippen LogP) is 6.55. The second kappa shape index (κ2) is 30.7. The molecular formula is C28H50Cl4N4. The Kier molecular flexibility index (Phi) is 34.0. The van der Waals surface area contributed by atoms with Gasteiger partial charge in [0.05, 0.1) is 0 Å². The molecule has 0 heterocycles. The zero-order valence-corrected chi connectivity index (χ0v) is 25.0. The minimum absolute atomic E-state index is 0. The minimum Gasteiger partial charge on any atom is -0.315 e. The molecule has 4 N–H and O–H groups in total. The Morgan fingerprint density at radius 2 is 0.639 bits per heavy atom. The fourth-order valence-electron chi connectivity index (χ4n) is 3.82. The van der Waals surface area contributed by atoms with Gasteiger partial charge < -0.3 is 21.3 Å². The van der Waals surface area contributed by atoms with Gasteiger partial charge in [0.15, 0.2) is 0 Å². The van der Waals surface area contributed by atoms with Crippen LogP contribution in [0.25, 0.3) is 0 Å². The summed E-state index contributed by atoms with van der Waals surface area (Å²) in [6, 6.07) is 21.2. The lowest BCUT2D eigenvalue weighted by molar-refractivity contribution is 0.532. The summed E-state index contributed by atoms with van der Waals surface area (Å²) in [7, 11) is 0. The highest BCUT2D eigenvalue weighted by Gasteiger charge is 1.95. The van der Waals surface area contributed by atoms with E-state index in [2.05, 4.69) is 81.9 Å². The molecule has 0 unspecified atom stereocenters. The Labute approximate surface area is 245 Å². The van der Waals surface area contributed by atoms with Crippen molar-refractivity contribution in [1.82, 2.24) is 21.3 Å². The van der Waals surface area contributed by atoms with Gasteiger partial charge in [0.1, 0.15) is 0 Å². The molecule has 0 atom stereocenters. The van der Waals surface area contributed by atoms with E-state index in [4.69, 9.17) is 0 Å². The maximum Gasteiger partial charge on any atom is 0.0206 e. The molecule has 210 valence electrons. The Balaban J connectivity index is -0.00000272. The lowest BCUT2D eigenvalue weighted by Crippen LogP contribution is -2.27. The molecule has 0 bridgehead atoms. The molecule has 2 rings (SSSR count). The first kappa shape index (κ1) is 39.9. The largest absolute Gasteiger partial charge is 0.315 e. The van der Waals surface area contributed by atoms with E-state index >= 15 is 0 Å². The zero-order valence-electron chi connectivity index (χ0n) is 21.7. The summed E-state index contributed by atoms with van der Waals surface area (Å²) in [5.74, 6) is 0. The van der Waals surface area contributed by atoms with Crippen molar-refractivity contribution < 1.29 is 0 Å². The topological polar surface area (TPSA) is 48.1 Å². The molecule has 0 aliphatic rings. The smallest absolute Gasteiger partial charge is 0.0206 e. The lowest BCUT2D eigenvalue weighted by Gasteiger charge is -2.07. The average Bonchev–Trinajstić information content (AvgIpc) is 2.84. The van der Waals surface area contributed by atoms with Gasteiger partial charge >= 0.3 is 0 Å². The van der Waals surface area contributed by atoms with E-state index in [9.17, 15) is 0 Å². The standard InChI is InChI=1S/C28H46N4.4ClH/c1(3-5-13-19-29-21-23-31-25-27-15-9-7-10-16-27)2-4-6-14-20-30-22-24-32-26-28-17-11-8-12-18-28;;;;/h7-12,15-18,29-32H,1-6,13-14,19-26H2;4*1H. The fourth-order valence-corrected chi connectivity index (χ4v) is 3.82. The van der Waals surface area contributed by atoms with Crippen LogP contribution in [0.3, 0.4) is 0 Å². The molecule has 0 aliphatic heterocycles. The second-order valence-corrected chi connectivity index (χ2v) is 8.65. The quantitative estimate of drug-likeness (QED) is 0.126. The molecule has 4 nitrogen and oxygen atoms in total. The van der Waals surface area contributed by atoms with Gasteiger partial charge in [-0.05, 0) is 37.1 Å². The third-order valence-electron chi connectivity index (χ3n) is 5.76. The van der Waals surface area contributed by atoms with Crippen LogP contribution in [0.15, 0.2) is 60.7 Å². The van der Waals surface area contributed by atoms with Crippen LogP contribution >= 0.6 is 49.6 Å². The molecule has 8 heteroatoms. The number of halogens is 4. The normalized spacial score (nSPS) is 9.89. The van der Waals surface area contributed by atoms with Gasteiger partial charge in [-0.25, -0.2) is 0 Å². The van der Waals surface area contributed by atoms with E-state index in [0.717, 1.165) is 52.4 Å². The van der Waals surface area contributed by atoms with Crippen molar-refractivity contribution in [3.8, 4) is 0 Å². The van der Waals surface area contributed by atoms with Gasteiger partial charge in [-0.3, -0.25) is 0 Å². The third-order valence-corrected chi connectivity index (χ3v) is 5.76. The number of benzene rings is 2. The van der Waals surface area contributed by atoms with Crippen molar-refractivity contribution in [2.75, 3.05) is 39.3 Å². The van der Waals surface area contributed by atoms with Crippen LogP contribution < -0.4 is 21.3 Å².